The van der Waals surface area contributed by atoms with Crippen molar-refractivity contribution < 1.29 is 9.90 Å². The summed E-state index contributed by atoms with van der Waals surface area (Å²) < 4.78 is 0. The quantitative estimate of drug-likeness (QED) is 0.840. The number of carbonyl (C=O) groups excluding carboxylic acids is 1. The monoisotopic (exact) mass is 278 g/mol. The van der Waals surface area contributed by atoms with Crippen molar-refractivity contribution in [2.45, 2.75) is 33.8 Å². The number of rotatable bonds is 6. The molecule has 0 heterocycles. The second kappa shape index (κ2) is 7.90. The van der Waals surface area contributed by atoms with Gasteiger partial charge in [-0.3, -0.25) is 0 Å². The van der Waals surface area contributed by atoms with Crippen LogP contribution in [0.3, 0.4) is 0 Å². The molecule has 0 saturated heterocycles. The average molecular weight is 278 g/mol. The normalized spacial score (nSPS) is 12.3. The summed E-state index contributed by atoms with van der Waals surface area (Å²) in [4.78, 5) is 13.6. The van der Waals surface area contributed by atoms with E-state index in [9.17, 15) is 9.90 Å². The van der Waals surface area contributed by atoms with Gasteiger partial charge in [0.05, 0.1) is 12.6 Å². The van der Waals surface area contributed by atoms with E-state index in [0.717, 1.165) is 11.1 Å². The number of hydrogen-bond donors (Lipinski definition) is 2. The first-order valence-electron chi connectivity index (χ1n) is 7.21. The highest BCUT2D eigenvalue weighted by atomic mass is 16.3. The first-order chi connectivity index (χ1) is 9.43. The molecule has 1 rings (SSSR count). The second-order valence-corrected chi connectivity index (χ2v) is 5.55. The number of benzene rings is 1. The van der Waals surface area contributed by atoms with Gasteiger partial charge in [0.25, 0.3) is 0 Å². The molecule has 0 fully saturated rings. The third-order valence-electron chi connectivity index (χ3n) is 3.19. The molecule has 0 aliphatic heterocycles. The summed E-state index contributed by atoms with van der Waals surface area (Å²) in [6.45, 7) is 9.56. The number of nitrogens with zero attached hydrogens (tertiary/aromatic N) is 1. The minimum absolute atomic E-state index is 0.118. The number of likely N-dealkylation sites (N-methyl/N-ethyl adjacent to an activating group) is 1. The predicted molar refractivity (Wildman–Crippen MR) is 81.6 cm³/mol. The van der Waals surface area contributed by atoms with E-state index in [-0.39, 0.29) is 6.03 Å². The van der Waals surface area contributed by atoms with Gasteiger partial charge in [-0.25, -0.2) is 4.79 Å². The topological polar surface area (TPSA) is 52.6 Å². The van der Waals surface area contributed by atoms with Crippen LogP contribution in [0.15, 0.2) is 24.3 Å². The van der Waals surface area contributed by atoms with Crippen LogP contribution >= 0.6 is 0 Å². The number of carbonyl (C=O) groups is 1. The minimum Gasteiger partial charge on any atom is -0.387 e. The van der Waals surface area contributed by atoms with E-state index < -0.39 is 6.10 Å². The molecule has 2 amide bonds. The number of aliphatic hydroxyl groups excluding tert-OH is 1. The summed E-state index contributed by atoms with van der Waals surface area (Å²) in [7, 11) is 0. The van der Waals surface area contributed by atoms with E-state index in [1.807, 2.05) is 38.1 Å². The lowest BCUT2D eigenvalue weighted by Gasteiger charge is -2.25. The molecule has 4 heteroatoms. The van der Waals surface area contributed by atoms with E-state index in [1.54, 1.807) is 4.90 Å². The van der Waals surface area contributed by atoms with E-state index in [1.165, 1.54) is 0 Å². The van der Waals surface area contributed by atoms with Crippen molar-refractivity contribution in [1.82, 2.24) is 10.2 Å². The zero-order valence-corrected chi connectivity index (χ0v) is 12.9. The molecule has 0 bridgehead atoms. The number of urea groups is 1. The number of aliphatic hydroxyl groups is 1. The standard InChI is InChI=1S/C16H26N2O2/c1-5-18(16(20)17-10-12(2)3)11-15(19)14-8-6-13(4)7-9-14/h6-9,12,15,19H,5,10-11H2,1-4H3,(H,17,20). The molecule has 0 aromatic heterocycles. The second-order valence-electron chi connectivity index (χ2n) is 5.55. The maximum absolute atomic E-state index is 12.0. The summed E-state index contributed by atoms with van der Waals surface area (Å²) in [6, 6.07) is 7.62. The lowest BCUT2D eigenvalue weighted by atomic mass is 10.1. The summed E-state index contributed by atoms with van der Waals surface area (Å²) in [5, 5.41) is 13.1. The van der Waals surface area contributed by atoms with Gasteiger partial charge < -0.3 is 15.3 Å². The van der Waals surface area contributed by atoms with Crippen LogP contribution in [0.1, 0.15) is 38.0 Å². The number of hydrogen-bond acceptors (Lipinski definition) is 2. The van der Waals surface area contributed by atoms with Crippen LogP contribution in [0.4, 0.5) is 4.79 Å². The maximum Gasteiger partial charge on any atom is 0.317 e. The molecular weight excluding hydrogens is 252 g/mol. The Morgan fingerprint density at radius 3 is 2.40 bits per heavy atom. The van der Waals surface area contributed by atoms with Gasteiger partial charge in [-0.2, -0.15) is 0 Å². The Kier molecular flexibility index (Phi) is 6.52. The average Bonchev–Trinajstić information content (AvgIpc) is 2.42. The third-order valence-corrected chi connectivity index (χ3v) is 3.19. The van der Waals surface area contributed by atoms with Gasteiger partial charge in [-0.1, -0.05) is 43.7 Å². The van der Waals surface area contributed by atoms with Gasteiger partial charge in [0.1, 0.15) is 0 Å². The van der Waals surface area contributed by atoms with E-state index in [0.29, 0.717) is 25.6 Å². The molecule has 0 aliphatic carbocycles. The van der Waals surface area contributed by atoms with Gasteiger partial charge in [0.2, 0.25) is 0 Å². The minimum atomic E-state index is -0.652. The van der Waals surface area contributed by atoms with Crippen LogP contribution in [0, 0.1) is 12.8 Å². The first kappa shape index (κ1) is 16.5. The van der Waals surface area contributed by atoms with Crippen LogP contribution in [0.25, 0.3) is 0 Å². The van der Waals surface area contributed by atoms with E-state index in [4.69, 9.17) is 0 Å². The zero-order valence-electron chi connectivity index (χ0n) is 12.9. The van der Waals surface area contributed by atoms with Crippen molar-refractivity contribution in [2.75, 3.05) is 19.6 Å². The highest BCUT2D eigenvalue weighted by molar-refractivity contribution is 5.74. The molecule has 1 aromatic rings. The summed E-state index contributed by atoms with van der Waals surface area (Å²) in [6.07, 6.45) is -0.652. The van der Waals surface area contributed by atoms with Crippen LogP contribution in [0.5, 0.6) is 0 Å². The predicted octanol–water partition coefficient (Wildman–Crippen LogP) is 2.72. The molecule has 1 aromatic carbocycles. The van der Waals surface area contributed by atoms with Crippen LogP contribution < -0.4 is 5.32 Å². The molecule has 1 atom stereocenters. The van der Waals surface area contributed by atoms with Crippen molar-refractivity contribution in [3.8, 4) is 0 Å². The van der Waals surface area contributed by atoms with Gasteiger partial charge >= 0.3 is 6.03 Å². The molecular formula is C16H26N2O2. The number of aryl methyl sites for hydroxylation is 1. The van der Waals surface area contributed by atoms with Gasteiger partial charge in [-0.15, -0.1) is 0 Å². The molecule has 20 heavy (non-hydrogen) atoms. The molecule has 0 spiro atoms. The molecule has 1 unspecified atom stereocenters. The van der Waals surface area contributed by atoms with Crippen LogP contribution in [0.2, 0.25) is 0 Å². The molecule has 0 radical (unpaired) electrons. The molecule has 2 N–H and O–H groups in total. The highest BCUT2D eigenvalue weighted by Gasteiger charge is 2.17. The molecule has 112 valence electrons. The molecule has 0 aliphatic rings. The summed E-state index contributed by atoms with van der Waals surface area (Å²) >= 11 is 0. The van der Waals surface area contributed by atoms with E-state index >= 15 is 0 Å². The number of nitrogens with one attached hydrogen (secondary N) is 1. The lowest BCUT2D eigenvalue weighted by Crippen LogP contribution is -2.43. The Morgan fingerprint density at radius 2 is 1.90 bits per heavy atom. The summed E-state index contributed by atoms with van der Waals surface area (Å²) in [5.41, 5.74) is 1.99. The van der Waals surface area contributed by atoms with Crippen molar-refractivity contribution in [3.05, 3.63) is 35.4 Å². The van der Waals surface area contributed by atoms with Crippen molar-refractivity contribution in [1.29, 1.82) is 0 Å². The SMILES string of the molecule is CCN(CC(O)c1ccc(C)cc1)C(=O)NCC(C)C. The lowest BCUT2D eigenvalue weighted by molar-refractivity contribution is 0.123. The Balaban J connectivity index is 2.58. The maximum atomic E-state index is 12.0. The fourth-order valence-electron chi connectivity index (χ4n) is 1.86. The van der Waals surface area contributed by atoms with Crippen molar-refractivity contribution in [2.24, 2.45) is 5.92 Å². The van der Waals surface area contributed by atoms with Crippen LogP contribution in [-0.2, 0) is 0 Å². The van der Waals surface area contributed by atoms with Gasteiger partial charge in [0.15, 0.2) is 0 Å². The first-order valence-corrected chi connectivity index (χ1v) is 7.21. The Labute approximate surface area is 121 Å². The Morgan fingerprint density at radius 1 is 1.30 bits per heavy atom. The fraction of sp³-hybridized carbons (Fsp3) is 0.562. The largest absolute Gasteiger partial charge is 0.387 e. The molecule has 0 saturated carbocycles. The Hall–Kier alpha value is -1.55. The van der Waals surface area contributed by atoms with Crippen LogP contribution in [-0.4, -0.2) is 35.7 Å². The Bertz CT molecular complexity index is 415. The van der Waals surface area contributed by atoms with E-state index in [2.05, 4.69) is 19.2 Å². The number of amides is 2. The van der Waals surface area contributed by atoms with Crippen molar-refractivity contribution in [3.63, 3.8) is 0 Å². The van der Waals surface area contributed by atoms with Gasteiger partial charge in [-0.05, 0) is 25.3 Å². The third kappa shape index (κ3) is 5.21. The highest BCUT2D eigenvalue weighted by Crippen LogP contribution is 2.15. The van der Waals surface area contributed by atoms with Gasteiger partial charge in [0, 0.05) is 13.1 Å². The zero-order chi connectivity index (χ0) is 15.1. The van der Waals surface area contributed by atoms with Crippen molar-refractivity contribution >= 4 is 6.03 Å². The molecule has 4 nitrogen and oxygen atoms in total. The fourth-order valence-corrected chi connectivity index (χ4v) is 1.86. The summed E-state index contributed by atoms with van der Waals surface area (Å²) in [5.74, 6) is 0.416. The smallest absolute Gasteiger partial charge is 0.317 e.